The molecular formula is C14H22MoSi2. The predicted molar refractivity (Wildman–Crippen MR) is 78.6 cm³/mol. The summed E-state index contributed by atoms with van der Waals surface area (Å²) in [4.78, 5) is 0. The Morgan fingerprint density at radius 2 is 1.12 bits per heavy atom. The molecule has 0 aromatic carbocycles. The minimum atomic E-state index is -0.114. The molecule has 2 aliphatic rings. The van der Waals surface area contributed by atoms with Gasteiger partial charge in [0, 0.05) is 21.1 Å². The molecule has 0 aliphatic heterocycles. The Balaban J connectivity index is 0.000000284. The van der Waals surface area contributed by atoms with Crippen molar-refractivity contribution in [3.63, 3.8) is 0 Å². The SMILES string of the molecule is C[Si](C)C1=CC=CC1.C[Si](C)C1=CC=CC1.[Mo]. The molecule has 0 aromatic heterocycles. The maximum atomic E-state index is 2.34. The molecule has 0 unspecified atom stereocenters. The van der Waals surface area contributed by atoms with E-state index in [0.29, 0.717) is 0 Å². The molecule has 0 saturated carbocycles. The van der Waals surface area contributed by atoms with Gasteiger partial charge in [-0.3, -0.25) is 0 Å². The van der Waals surface area contributed by atoms with Crippen LogP contribution in [-0.4, -0.2) is 17.6 Å². The standard InChI is InChI=1S/2C7H11Si.Mo/c2*1-8(2)7-5-3-4-6-7;/h2*3-5H,6H2,1-2H3;. The summed E-state index contributed by atoms with van der Waals surface area (Å²) in [7, 11) is -0.227. The van der Waals surface area contributed by atoms with Crippen LogP contribution in [0.3, 0.4) is 0 Å². The van der Waals surface area contributed by atoms with E-state index in [2.05, 4.69) is 62.6 Å². The number of rotatable bonds is 2. The summed E-state index contributed by atoms with van der Waals surface area (Å²) in [6.07, 6.45) is 15.7. The van der Waals surface area contributed by atoms with Crippen LogP contribution in [0.5, 0.6) is 0 Å². The van der Waals surface area contributed by atoms with Crippen LogP contribution in [0.4, 0.5) is 0 Å². The predicted octanol–water partition coefficient (Wildman–Crippen LogP) is 4.33. The zero-order valence-corrected chi connectivity index (χ0v) is 15.3. The molecule has 0 amide bonds. The monoisotopic (exact) mass is 344 g/mol. The van der Waals surface area contributed by atoms with Crippen molar-refractivity contribution in [2.75, 3.05) is 0 Å². The molecule has 2 radical (unpaired) electrons. The maximum absolute atomic E-state index is 2.34. The van der Waals surface area contributed by atoms with Crippen LogP contribution in [0.2, 0.25) is 26.2 Å². The fourth-order valence-electron chi connectivity index (χ4n) is 1.64. The summed E-state index contributed by atoms with van der Waals surface area (Å²) in [5, 5.41) is 3.32. The largest absolute Gasteiger partial charge is 0.0809 e. The van der Waals surface area contributed by atoms with Gasteiger partial charge in [0.05, 0.1) is 17.6 Å². The Hall–Kier alpha value is 0.0821. The average molecular weight is 342 g/mol. The molecule has 2 rings (SSSR count). The topological polar surface area (TPSA) is 0 Å². The molecular weight excluding hydrogens is 320 g/mol. The van der Waals surface area contributed by atoms with Crippen LogP contribution in [0.15, 0.2) is 46.8 Å². The van der Waals surface area contributed by atoms with Crippen molar-refractivity contribution in [1.82, 2.24) is 0 Å². The first-order valence-corrected chi connectivity index (χ1v) is 10.9. The zero-order chi connectivity index (χ0) is 12.0. The molecule has 2 aliphatic carbocycles. The molecule has 0 saturated heterocycles. The zero-order valence-electron chi connectivity index (χ0n) is 11.3. The van der Waals surface area contributed by atoms with Crippen molar-refractivity contribution >= 4 is 17.6 Å². The Morgan fingerprint density at radius 1 is 0.765 bits per heavy atom. The summed E-state index contributed by atoms with van der Waals surface area (Å²) in [5.41, 5.74) is 0. The van der Waals surface area contributed by atoms with Gasteiger partial charge in [-0.15, -0.1) is 0 Å². The molecule has 3 heteroatoms. The van der Waals surface area contributed by atoms with Crippen molar-refractivity contribution in [1.29, 1.82) is 0 Å². The van der Waals surface area contributed by atoms with Gasteiger partial charge in [0.25, 0.3) is 0 Å². The molecule has 0 atom stereocenters. The van der Waals surface area contributed by atoms with Crippen molar-refractivity contribution in [2.24, 2.45) is 0 Å². The smallest absolute Gasteiger partial charge is 0.0741 e. The second-order valence-electron chi connectivity index (χ2n) is 4.65. The van der Waals surface area contributed by atoms with Crippen molar-refractivity contribution in [2.45, 2.75) is 39.0 Å². The first-order chi connectivity index (χ1) is 7.61. The van der Waals surface area contributed by atoms with E-state index in [9.17, 15) is 0 Å². The van der Waals surface area contributed by atoms with E-state index in [1.807, 2.05) is 0 Å². The van der Waals surface area contributed by atoms with Crippen LogP contribution in [0, 0.1) is 0 Å². The number of allylic oxidation sites excluding steroid dienone is 8. The quantitative estimate of drug-likeness (QED) is 0.655. The Kier molecular flexibility index (Phi) is 9.11. The van der Waals surface area contributed by atoms with Crippen molar-refractivity contribution < 1.29 is 21.1 Å². The van der Waals surface area contributed by atoms with E-state index >= 15 is 0 Å². The van der Waals surface area contributed by atoms with Crippen molar-refractivity contribution in [3.8, 4) is 0 Å². The minimum absolute atomic E-state index is 0. The molecule has 0 heterocycles. The first kappa shape index (κ1) is 17.1. The molecule has 0 aromatic rings. The average Bonchev–Trinajstić information content (AvgIpc) is 2.93. The molecule has 0 N–H and O–H groups in total. The van der Waals surface area contributed by atoms with Gasteiger partial charge in [-0.2, -0.15) is 0 Å². The van der Waals surface area contributed by atoms with E-state index in [-0.39, 0.29) is 38.7 Å². The normalized spacial score (nSPS) is 16.6. The summed E-state index contributed by atoms with van der Waals surface area (Å²) in [6, 6.07) is 0. The summed E-state index contributed by atoms with van der Waals surface area (Å²) in [6.45, 7) is 9.35. The third-order valence-electron chi connectivity index (χ3n) is 2.83. The molecule has 0 bridgehead atoms. The minimum Gasteiger partial charge on any atom is -0.0809 e. The number of hydrogen-bond donors (Lipinski definition) is 0. The Morgan fingerprint density at radius 3 is 1.24 bits per heavy atom. The van der Waals surface area contributed by atoms with E-state index < -0.39 is 0 Å². The van der Waals surface area contributed by atoms with Gasteiger partial charge in [0.2, 0.25) is 0 Å². The molecule has 0 fully saturated rings. The van der Waals surface area contributed by atoms with Crippen LogP contribution in [-0.2, 0) is 21.1 Å². The second-order valence-corrected chi connectivity index (χ2v) is 9.93. The Bertz CT molecular complexity index is 302. The van der Waals surface area contributed by atoms with Gasteiger partial charge in [-0.05, 0) is 12.8 Å². The molecule has 0 spiro atoms. The van der Waals surface area contributed by atoms with E-state index in [1.165, 1.54) is 12.8 Å². The molecule has 92 valence electrons. The Labute approximate surface area is 124 Å². The summed E-state index contributed by atoms with van der Waals surface area (Å²) >= 11 is 0. The summed E-state index contributed by atoms with van der Waals surface area (Å²) in [5.74, 6) is 0. The van der Waals surface area contributed by atoms with E-state index in [4.69, 9.17) is 0 Å². The van der Waals surface area contributed by atoms with Gasteiger partial charge in [-0.1, -0.05) is 73.0 Å². The van der Waals surface area contributed by atoms with Gasteiger partial charge in [0.1, 0.15) is 0 Å². The third kappa shape index (κ3) is 6.54. The van der Waals surface area contributed by atoms with Crippen LogP contribution >= 0.6 is 0 Å². The van der Waals surface area contributed by atoms with Crippen LogP contribution < -0.4 is 0 Å². The number of hydrogen-bond acceptors (Lipinski definition) is 0. The van der Waals surface area contributed by atoms with Gasteiger partial charge >= 0.3 is 0 Å². The molecule has 17 heavy (non-hydrogen) atoms. The van der Waals surface area contributed by atoms with Crippen LogP contribution in [0.1, 0.15) is 12.8 Å². The maximum Gasteiger partial charge on any atom is 0.0741 e. The van der Waals surface area contributed by atoms with Gasteiger partial charge in [0.15, 0.2) is 0 Å². The fraction of sp³-hybridized carbons (Fsp3) is 0.429. The van der Waals surface area contributed by atoms with Crippen LogP contribution in [0.25, 0.3) is 0 Å². The molecule has 0 nitrogen and oxygen atoms in total. The van der Waals surface area contributed by atoms with E-state index in [1.54, 1.807) is 10.4 Å². The van der Waals surface area contributed by atoms with Gasteiger partial charge in [-0.25, -0.2) is 0 Å². The van der Waals surface area contributed by atoms with Crippen molar-refractivity contribution in [3.05, 3.63) is 46.8 Å². The van der Waals surface area contributed by atoms with Gasteiger partial charge < -0.3 is 0 Å². The van der Waals surface area contributed by atoms with E-state index in [0.717, 1.165) is 0 Å². The fourth-order valence-corrected chi connectivity index (χ4v) is 3.55. The third-order valence-corrected chi connectivity index (χ3v) is 6.14. The summed E-state index contributed by atoms with van der Waals surface area (Å²) < 4.78 is 0. The second kappa shape index (κ2) is 9.07. The first-order valence-electron chi connectivity index (χ1n) is 5.93.